The molecule has 1 heterocycles. The van der Waals surface area contributed by atoms with Crippen LogP contribution in [0.1, 0.15) is 41.3 Å². The average molecular weight is 394 g/mol. The second-order valence-corrected chi connectivity index (χ2v) is 8.81. The molecule has 1 aromatic carbocycles. The van der Waals surface area contributed by atoms with Crippen LogP contribution in [-0.4, -0.2) is 40.5 Å². The van der Waals surface area contributed by atoms with Crippen molar-refractivity contribution in [2.75, 3.05) is 26.2 Å². The summed E-state index contributed by atoms with van der Waals surface area (Å²) in [4.78, 5) is 13.5. The summed E-state index contributed by atoms with van der Waals surface area (Å²) in [6, 6.07) is 10.5. The molecular formula is C20H29N2O4S+. The maximum absolute atomic E-state index is 12.4. The Hall–Kier alpha value is -2.12. The Balaban J connectivity index is 1.91. The number of benzene rings is 1. The molecule has 0 saturated carbocycles. The summed E-state index contributed by atoms with van der Waals surface area (Å²) in [6.45, 7) is 9.56. The molecule has 27 heavy (non-hydrogen) atoms. The average Bonchev–Trinajstić information content (AvgIpc) is 3.06. The molecule has 0 bridgehead atoms. The Morgan fingerprint density at radius 2 is 1.85 bits per heavy atom. The van der Waals surface area contributed by atoms with Crippen molar-refractivity contribution in [1.82, 2.24) is 5.32 Å². The van der Waals surface area contributed by atoms with E-state index < -0.39 is 9.84 Å². The highest BCUT2D eigenvalue weighted by atomic mass is 32.2. The highest BCUT2D eigenvalue weighted by Crippen LogP contribution is 2.16. The molecule has 0 radical (unpaired) electrons. The summed E-state index contributed by atoms with van der Waals surface area (Å²) in [5.41, 5.74) is 1.77. The number of sulfone groups is 1. The minimum atomic E-state index is -3.38. The highest BCUT2D eigenvalue weighted by molar-refractivity contribution is 7.89. The van der Waals surface area contributed by atoms with Crippen LogP contribution in [0, 0.1) is 6.92 Å². The van der Waals surface area contributed by atoms with Gasteiger partial charge in [0.2, 0.25) is 0 Å². The number of hydrogen-bond acceptors (Lipinski definition) is 4. The van der Waals surface area contributed by atoms with Crippen LogP contribution in [0.5, 0.6) is 0 Å². The van der Waals surface area contributed by atoms with Crippen LogP contribution < -0.4 is 10.2 Å². The first kappa shape index (κ1) is 21.2. The summed E-state index contributed by atoms with van der Waals surface area (Å²) in [5.74, 6) is -0.169. The fourth-order valence-electron chi connectivity index (χ4n) is 2.94. The summed E-state index contributed by atoms with van der Waals surface area (Å²) in [5, 5.41) is 2.82. The summed E-state index contributed by atoms with van der Waals surface area (Å²) in [7, 11) is -3.38. The molecule has 1 aromatic heterocycles. The summed E-state index contributed by atoms with van der Waals surface area (Å²) < 4.78 is 30.3. The van der Waals surface area contributed by atoms with Gasteiger partial charge in [-0.25, -0.2) is 8.42 Å². The van der Waals surface area contributed by atoms with Crippen molar-refractivity contribution < 1.29 is 22.5 Å². The lowest BCUT2D eigenvalue weighted by atomic mass is 10.2. The lowest BCUT2D eigenvalue weighted by molar-refractivity contribution is -0.895. The minimum Gasteiger partial charge on any atom is -0.455 e. The van der Waals surface area contributed by atoms with Gasteiger partial charge >= 0.3 is 0 Å². The standard InChI is InChI=1S/C20H28N2O4S/c1-4-22(5-2)12-11-21-20(23)19-10-9-18(26-19)15-27(24,25)14-17-8-6-7-16(3)13-17/h6-10,13H,4-5,11-12,14-15H2,1-3H3,(H,21,23)/p+1. The van der Waals surface area contributed by atoms with E-state index in [0.717, 1.165) is 30.8 Å². The van der Waals surface area contributed by atoms with Crippen molar-refractivity contribution in [3.63, 3.8) is 0 Å². The second kappa shape index (κ2) is 9.71. The van der Waals surface area contributed by atoms with E-state index in [1.165, 1.54) is 11.0 Å². The lowest BCUT2D eigenvalue weighted by Crippen LogP contribution is -3.12. The Morgan fingerprint density at radius 1 is 1.11 bits per heavy atom. The zero-order valence-corrected chi connectivity index (χ0v) is 17.1. The van der Waals surface area contributed by atoms with Gasteiger partial charge in [0.15, 0.2) is 15.6 Å². The number of carbonyl (C=O) groups excluding carboxylic acids is 1. The Morgan fingerprint density at radius 3 is 2.52 bits per heavy atom. The number of likely N-dealkylation sites (N-methyl/N-ethyl adjacent to an activating group) is 1. The van der Waals surface area contributed by atoms with Crippen LogP contribution in [0.25, 0.3) is 0 Å². The fourth-order valence-corrected chi connectivity index (χ4v) is 4.32. The molecule has 148 valence electrons. The first-order chi connectivity index (χ1) is 12.8. The molecular weight excluding hydrogens is 364 g/mol. The molecule has 2 N–H and O–H groups in total. The maximum Gasteiger partial charge on any atom is 0.287 e. The van der Waals surface area contributed by atoms with E-state index in [4.69, 9.17) is 4.42 Å². The topological polar surface area (TPSA) is 80.8 Å². The summed E-state index contributed by atoms with van der Waals surface area (Å²) >= 11 is 0. The molecule has 0 spiro atoms. The third-order valence-corrected chi connectivity index (χ3v) is 5.98. The third-order valence-electron chi connectivity index (χ3n) is 4.48. The zero-order valence-electron chi connectivity index (χ0n) is 16.2. The number of hydrogen-bond donors (Lipinski definition) is 2. The van der Waals surface area contributed by atoms with E-state index in [1.54, 1.807) is 12.1 Å². The molecule has 0 atom stereocenters. The lowest BCUT2D eigenvalue weighted by Gasteiger charge is -2.15. The SMILES string of the molecule is CC[NH+](CC)CCNC(=O)c1ccc(CS(=O)(=O)Cc2cccc(C)c2)o1. The van der Waals surface area contributed by atoms with Crippen molar-refractivity contribution in [2.45, 2.75) is 32.3 Å². The number of carbonyl (C=O) groups is 1. The molecule has 0 fully saturated rings. The third kappa shape index (κ3) is 6.84. The summed E-state index contributed by atoms with van der Waals surface area (Å²) in [6.07, 6.45) is 0. The molecule has 0 aliphatic heterocycles. The van der Waals surface area contributed by atoms with Gasteiger partial charge < -0.3 is 14.6 Å². The Kier molecular flexibility index (Phi) is 7.62. The molecule has 2 aromatic rings. The molecule has 0 unspecified atom stereocenters. The van der Waals surface area contributed by atoms with Crippen molar-refractivity contribution >= 4 is 15.7 Å². The molecule has 0 aliphatic rings. The van der Waals surface area contributed by atoms with Gasteiger partial charge in [-0.3, -0.25) is 4.79 Å². The number of furan rings is 1. The quantitative estimate of drug-likeness (QED) is 0.639. The molecule has 1 amide bonds. The number of nitrogens with one attached hydrogen (secondary N) is 2. The minimum absolute atomic E-state index is 0.0520. The van der Waals surface area contributed by atoms with E-state index in [1.807, 2.05) is 25.1 Å². The molecule has 2 rings (SSSR count). The Bertz CT molecular complexity index is 854. The highest BCUT2D eigenvalue weighted by Gasteiger charge is 2.18. The second-order valence-electron chi connectivity index (χ2n) is 6.75. The van der Waals surface area contributed by atoms with Crippen LogP contribution in [0.15, 0.2) is 40.8 Å². The van der Waals surface area contributed by atoms with E-state index in [2.05, 4.69) is 19.2 Å². The van der Waals surface area contributed by atoms with Gasteiger partial charge in [0, 0.05) is 0 Å². The molecule has 0 aliphatic carbocycles. The van der Waals surface area contributed by atoms with Gasteiger partial charge in [-0.15, -0.1) is 0 Å². The number of rotatable bonds is 10. The monoisotopic (exact) mass is 393 g/mol. The van der Waals surface area contributed by atoms with Crippen molar-refractivity contribution in [3.05, 3.63) is 59.0 Å². The van der Waals surface area contributed by atoms with E-state index in [9.17, 15) is 13.2 Å². The van der Waals surface area contributed by atoms with Crippen LogP contribution in [-0.2, 0) is 21.3 Å². The van der Waals surface area contributed by atoms with Crippen LogP contribution in [0.4, 0.5) is 0 Å². The van der Waals surface area contributed by atoms with Crippen LogP contribution >= 0.6 is 0 Å². The van der Waals surface area contributed by atoms with Crippen molar-refractivity contribution in [2.24, 2.45) is 0 Å². The van der Waals surface area contributed by atoms with Crippen molar-refractivity contribution in [3.8, 4) is 0 Å². The molecule has 6 nitrogen and oxygen atoms in total. The first-order valence-corrected chi connectivity index (χ1v) is 11.1. The van der Waals surface area contributed by atoms with Gasteiger partial charge in [-0.2, -0.15) is 0 Å². The van der Waals surface area contributed by atoms with Gasteiger partial charge in [0.1, 0.15) is 11.5 Å². The first-order valence-electron chi connectivity index (χ1n) is 9.29. The number of amides is 1. The van der Waals surface area contributed by atoms with Gasteiger partial charge in [-0.1, -0.05) is 29.8 Å². The predicted molar refractivity (Wildman–Crippen MR) is 105 cm³/mol. The molecule has 0 saturated heterocycles. The number of aryl methyl sites for hydroxylation is 1. The smallest absolute Gasteiger partial charge is 0.287 e. The maximum atomic E-state index is 12.4. The number of quaternary nitrogens is 1. The van der Waals surface area contributed by atoms with Gasteiger partial charge in [0.05, 0.1) is 31.9 Å². The van der Waals surface area contributed by atoms with Gasteiger partial charge in [0.25, 0.3) is 5.91 Å². The normalized spacial score (nSPS) is 11.7. The van der Waals surface area contributed by atoms with Crippen molar-refractivity contribution in [1.29, 1.82) is 0 Å². The van der Waals surface area contributed by atoms with Gasteiger partial charge in [-0.05, 0) is 38.5 Å². The van der Waals surface area contributed by atoms with Crippen LogP contribution in [0.2, 0.25) is 0 Å². The largest absolute Gasteiger partial charge is 0.455 e. The van der Waals surface area contributed by atoms with E-state index in [-0.39, 0.29) is 28.9 Å². The predicted octanol–water partition coefficient (Wildman–Crippen LogP) is 1.36. The Labute approximate surface area is 161 Å². The molecule has 7 heteroatoms. The van der Waals surface area contributed by atoms with E-state index in [0.29, 0.717) is 6.54 Å². The zero-order chi connectivity index (χ0) is 19.9. The van der Waals surface area contributed by atoms with Crippen LogP contribution in [0.3, 0.4) is 0 Å². The fraction of sp³-hybridized carbons (Fsp3) is 0.450. The van der Waals surface area contributed by atoms with E-state index >= 15 is 0 Å².